The fraction of sp³-hybridized carbons (Fsp3) is 0.0833. The molecule has 0 aliphatic carbocycles. The van der Waals surface area contributed by atoms with Gasteiger partial charge in [-0.25, -0.2) is 4.39 Å². The first kappa shape index (κ1) is 13.7. The number of carbonyl (C=O) groups excluding carboxylic acids is 1. The maximum atomic E-state index is 13.8. The molecule has 0 N–H and O–H groups in total. The molecular weight excluding hydrogens is 387 g/mol. The summed E-state index contributed by atoms with van der Waals surface area (Å²) in [5.74, 6) is -0.538. The largest absolute Gasteiger partial charge is 0.497 e. The highest BCUT2D eigenvalue weighted by atomic mass is 79.9. The van der Waals surface area contributed by atoms with Crippen LogP contribution in [-0.2, 0) is 0 Å². The predicted octanol–water partition coefficient (Wildman–Crippen LogP) is 4.65. The highest BCUT2D eigenvalue weighted by Gasteiger charge is 2.18. The van der Waals surface area contributed by atoms with Crippen LogP contribution in [0.15, 0.2) is 32.5 Å². The average Bonchev–Trinajstić information content (AvgIpc) is 2.68. The molecule has 0 unspecified atom stereocenters. The molecule has 0 atom stereocenters. The monoisotopic (exact) mass is 392 g/mol. The van der Waals surface area contributed by atoms with Gasteiger partial charge in [0.25, 0.3) is 0 Å². The van der Waals surface area contributed by atoms with Crippen LogP contribution in [0.25, 0.3) is 0 Å². The summed E-state index contributed by atoms with van der Waals surface area (Å²) in [5, 5.41) is 0. The minimum Gasteiger partial charge on any atom is -0.497 e. The second-order valence-corrected chi connectivity index (χ2v) is 6.63. The number of thiophene rings is 1. The molecule has 2 rings (SSSR count). The van der Waals surface area contributed by atoms with Gasteiger partial charge in [-0.2, -0.15) is 0 Å². The molecule has 0 spiro atoms. The van der Waals surface area contributed by atoms with Crippen molar-refractivity contribution in [2.45, 2.75) is 0 Å². The van der Waals surface area contributed by atoms with Crippen molar-refractivity contribution in [1.82, 2.24) is 0 Å². The third-order valence-corrected chi connectivity index (χ3v) is 5.54. The quantitative estimate of drug-likeness (QED) is 0.709. The van der Waals surface area contributed by atoms with E-state index in [0.29, 0.717) is 10.6 Å². The molecule has 2 nitrogen and oxygen atoms in total. The fourth-order valence-corrected chi connectivity index (χ4v) is 3.39. The van der Waals surface area contributed by atoms with Crippen molar-refractivity contribution < 1.29 is 13.9 Å². The van der Waals surface area contributed by atoms with E-state index in [1.54, 1.807) is 12.1 Å². The zero-order valence-corrected chi connectivity index (χ0v) is 13.2. The van der Waals surface area contributed by atoms with Gasteiger partial charge < -0.3 is 4.74 Å². The zero-order chi connectivity index (χ0) is 13.3. The Bertz CT molecular complexity index is 591. The van der Waals surface area contributed by atoms with Crippen LogP contribution in [0.1, 0.15) is 15.2 Å². The molecule has 94 valence electrons. The van der Waals surface area contributed by atoms with E-state index >= 15 is 0 Å². The SMILES string of the molecule is COc1ccc(C(=O)c2cc(Br)c(Br)s2)c(F)c1. The van der Waals surface area contributed by atoms with E-state index in [1.807, 2.05) is 0 Å². The fourth-order valence-electron chi connectivity index (χ4n) is 1.40. The molecule has 0 aliphatic heterocycles. The Labute approximate surface area is 124 Å². The van der Waals surface area contributed by atoms with Gasteiger partial charge >= 0.3 is 0 Å². The van der Waals surface area contributed by atoms with E-state index in [9.17, 15) is 9.18 Å². The molecule has 1 aromatic heterocycles. The first-order valence-electron chi connectivity index (χ1n) is 4.86. The van der Waals surface area contributed by atoms with Crippen molar-refractivity contribution in [2.75, 3.05) is 7.11 Å². The standard InChI is InChI=1S/C12H7Br2FO2S/c1-17-6-2-3-7(9(15)4-6)11(16)10-5-8(13)12(14)18-10/h2-5H,1H3. The van der Waals surface area contributed by atoms with E-state index in [1.165, 1.54) is 30.6 Å². The number of methoxy groups -OCH3 is 1. The van der Waals surface area contributed by atoms with Crippen LogP contribution in [0.4, 0.5) is 4.39 Å². The Kier molecular flexibility index (Phi) is 4.19. The van der Waals surface area contributed by atoms with Crippen LogP contribution in [0, 0.1) is 5.82 Å². The molecule has 6 heteroatoms. The molecule has 2 aromatic rings. The lowest BCUT2D eigenvalue weighted by molar-refractivity contribution is 0.103. The number of hydrogen-bond acceptors (Lipinski definition) is 3. The Hall–Kier alpha value is -0.720. The topological polar surface area (TPSA) is 26.3 Å². The lowest BCUT2D eigenvalue weighted by Gasteiger charge is -2.03. The minimum atomic E-state index is -0.583. The van der Waals surface area contributed by atoms with Crippen molar-refractivity contribution in [1.29, 1.82) is 0 Å². The summed E-state index contributed by atoms with van der Waals surface area (Å²) in [7, 11) is 1.45. The molecule has 0 fully saturated rings. The predicted molar refractivity (Wildman–Crippen MR) is 76.1 cm³/mol. The van der Waals surface area contributed by atoms with E-state index < -0.39 is 5.82 Å². The molecule has 1 heterocycles. The van der Waals surface area contributed by atoms with Gasteiger partial charge in [0.05, 0.1) is 21.3 Å². The van der Waals surface area contributed by atoms with E-state index in [0.717, 1.165) is 8.26 Å². The van der Waals surface area contributed by atoms with Crippen LogP contribution >= 0.6 is 43.2 Å². The molecule has 0 saturated heterocycles. The molecular formula is C12H7Br2FO2S. The van der Waals surface area contributed by atoms with Crippen LogP contribution in [0.5, 0.6) is 5.75 Å². The van der Waals surface area contributed by atoms with E-state index in [4.69, 9.17) is 4.74 Å². The maximum absolute atomic E-state index is 13.8. The zero-order valence-electron chi connectivity index (χ0n) is 9.17. The number of rotatable bonds is 3. The van der Waals surface area contributed by atoms with E-state index in [2.05, 4.69) is 31.9 Å². The van der Waals surface area contributed by atoms with Crippen molar-refractivity contribution in [2.24, 2.45) is 0 Å². The van der Waals surface area contributed by atoms with Gasteiger partial charge in [0, 0.05) is 10.5 Å². The van der Waals surface area contributed by atoms with Gasteiger partial charge in [0.1, 0.15) is 11.6 Å². The molecule has 0 amide bonds. The van der Waals surface area contributed by atoms with Gasteiger partial charge in [-0.15, -0.1) is 11.3 Å². The molecule has 0 radical (unpaired) electrons. The van der Waals surface area contributed by atoms with Crippen LogP contribution in [-0.4, -0.2) is 12.9 Å². The van der Waals surface area contributed by atoms with Crippen LogP contribution in [0.2, 0.25) is 0 Å². The first-order valence-corrected chi connectivity index (χ1v) is 7.26. The van der Waals surface area contributed by atoms with Gasteiger partial charge in [-0.05, 0) is 50.1 Å². The number of benzene rings is 1. The number of hydrogen-bond donors (Lipinski definition) is 0. The van der Waals surface area contributed by atoms with Gasteiger partial charge in [0.2, 0.25) is 5.78 Å². The summed E-state index contributed by atoms with van der Waals surface area (Å²) in [6.45, 7) is 0. The second-order valence-electron chi connectivity index (χ2n) is 3.41. The third-order valence-electron chi connectivity index (χ3n) is 2.29. The smallest absolute Gasteiger partial charge is 0.205 e. The summed E-state index contributed by atoms with van der Waals surface area (Å²) in [5.41, 5.74) is 0.0389. The van der Waals surface area contributed by atoms with Crippen molar-refractivity contribution in [3.63, 3.8) is 0 Å². The number of ether oxygens (including phenoxy) is 1. The Morgan fingerprint density at radius 2 is 2.06 bits per heavy atom. The average molecular weight is 394 g/mol. The molecule has 0 aliphatic rings. The number of ketones is 1. The lowest BCUT2D eigenvalue weighted by Crippen LogP contribution is -2.02. The lowest BCUT2D eigenvalue weighted by atomic mass is 10.1. The van der Waals surface area contributed by atoms with Crippen molar-refractivity contribution in [3.05, 3.63) is 48.8 Å². The normalized spacial score (nSPS) is 10.4. The summed E-state index contributed by atoms with van der Waals surface area (Å²) in [6, 6.07) is 5.86. The Balaban J connectivity index is 2.40. The molecule has 1 aromatic carbocycles. The summed E-state index contributed by atoms with van der Waals surface area (Å²) >= 11 is 7.86. The van der Waals surface area contributed by atoms with Crippen molar-refractivity contribution >= 4 is 49.0 Å². The van der Waals surface area contributed by atoms with Crippen LogP contribution in [0.3, 0.4) is 0 Å². The summed E-state index contributed by atoms with van der Waals surface area (Å²) in [4.78, 5) is 12.6. The summed E-state index contributed by atoms with van der Waals surface area (Å²) < 4.78 is 20.2. The van der Waals surface area contributed by atoms with Gasteiger partial charge in [0.15, 0.2) is 0 Å². The van der Waals surface area contributed by atoms with Gasteiger partial charge in [-0.1, -0.05) is 0 Å². The molecule has 0 saturated carbocycles. The first-order chi connectivity index (χ1) is 8.52. The summed E-state index contributed by atoms with van der Waals surface area (Å²) in [6.07, 6.45) is 0. The second kappa shape index (κ2) is 5.50. The maximum Gasteiger partial charge on any atom is 0.205 e. The Morgan fingerprint density at radius 1 is 1.33 bits per heavy atom. The number of carbonyl (C=O) groups is 1. The highest BCUT2D eigenvalue weighted by Crippen LogP contribution is 2.34. The minimum absolute atomic E-state index is 0.0389. The Morgan fingerprint density at radius 3 is 2.56 bits per heavy atom. The van der Waals surface area contributed by atoms with E-state index in [-0.39, 0.29) is 11.3 Å². The highest BCUT2D eigenvalue weighted by molar-refractivity contribution is 9.13. The molecule has 18 heavy (non-hydrogen) atoms. The number of halogens is 3. The van der Waals surface area contributed by atoms with Gasteiger partial charge in [-0.3, -0.25) is 4.79 Å². The third kappa shape index (κ3) is 2.65. The van der Waals surface area contributed by atoms with Crippen LogP contribution < -0.4 is 4.74 Å². The van der Waals surface area contributed by atoms with Crippen molar-refractivity contribution in [3.8, 4) is 5.75 Å². The molecule has 0 bridgehead atoms.